The highest BCUT2D eigenvalue weighted by molar-refractivity contribution is 5.81. The maximum absolute atomic E-state index is 11.9. The van der Waals surface area contributed by atoms with Crippen LogP contribution in [0.4, 0.5) is 11.6 Å². The molecule has 0 saturated carbocycles. The van der Waals surface area contributed by atoms with Gasteiger partial charge in [0.25, 0.3) is 5.56 Å². The number of aromatic nitrogens is 2. The lowest BCUT2D eigenvalue weighted by molar-refractivity contribution is 0.0342. The Hall–Kier alpha value is -2.08. The van der Waals surface area contributed by atoms with Crippen LogP contribution in [0, 0.1) is 0 Å². The standard InChI is InChI=1S/C13H18N4O2/c1-13(2,19-3)7-15-12-16-10-5-4-8(14)6-9(10)11(18)17-12/h4-6H,7,14H2,1-3H3,(H2,15,16,17,18). The normalized spacial score (nSPS) is 11.7. The van der Waals surface area contributed by atoms with Gasteiger partial charge < -0.3 is 15.8 Å². The summed E-state index contributed by atoms with van der Waals surface area (Å²) in [6.07, 6.45) is 0. The van der Waals surface area contributed by atoms with Gasteiger partial charge in [0.1, 0.15) is 0 Å². The molecule has 0 aliphatic carbocycles. The van der Waals surface area contributed by atoms with E-state index in [4.69, 9.17) is 10.5 Å². The third kappa shape index (κ3) is 3.03. The summed E-state index contributed by atoms with van der Waals surface area (Å²) in [7, 11) is 1.64. The predicted molar refractivity (Wildman–Crippen MR) is 76.4 cm³/mol. The molecule has 0 bridgehead atoms. The summed E-state index contributed by atoms with van der Waals surface area (Å²) in [6, 6.07) is 5.06. The van der Waals surface area contributed by atoms with E-state index in [1.807, 2.05) is 13.8 Å². The van der Waals surface area contributed by atoms with Gasteiger partial charge >= 0.3 is 0 Å². The first-order valence-electron chi connectivity index (χ1n) is 6.00. The molecule has 0 amide bonds. The first-order chi connectivity index (χ1) is 8.91. The molecule has 0 atom stereocenters. The number of nitrogens with zero attached hydrogens (tertiary/aromatic N) is 1. The molecule has 1 aromatic carbocycles. The summed E-state index contributed by atoms with van der Waals surface area (Å²) < 4.78 is 5.29. The molecular formula is C13H18N4O2. The third-order valence-corrected chi connectivity index (χ3v) is 2.96. The zero-order valence-electron chi connectivity index (χ0n) is 11.3. The molecule has 1 heterocycles. The van der Waals surface area contributed by atoms with Gasteiger partial charge in [-0.05, 0) is 32.0 Å². The summed E-state index contributed by atoms with van der Waals surface area (Å²) >= 11 is 0. The van der Waals surface area contributed by atoms with Gasteiger partial charge in [0, 0.05) is 19.3 Å². The number of H-pyrrole nitrogens is 1. The predicted octanol–water partition coefficient (Wildman–Crippen LogP) is 1.34. The van der Waals surface area contributed by atoms with Gasteiger partial charge in [-0.2, -0.15) is 0 Å². The summed E-state index contributed by atoms with van der Waals surface area (Å²) in [5.74, 6) is 0.424. The molecule has 102 valence electrons. The number of hydrogen-bond acceptors (Lipinski definition) is 5. The highest BCUT2D eigenvalue weighted by atomic mass is 16.5. The number of ether oxygens (including phenoxy) is 1. The largest absolute Gasteiger partial charge is 0.399 e. The van der Waals surface area contributed by atoms with Crippen LogP contribution >= 0.6 is 0 Å². The second kappa shape index (κ2) is 4.89. The number of nitrogens with one attached hydrogen (secondary N) is 2. The molecule has 19 heavy (non-hydrogen) atoms. The molecular weight excluding hydrogens is 244 g/mol. The SMILES string of the molecule is COC(C)(C)CNc1nc2ccc(N)cc2c(=O)[nH]1. The van der Waals surface area contributed by atoms with Crippen molar-refractivity contribution in [2.75, 3.05) is 24.7 Å². The molecule has 0 saturated heterocycles. The van der Waals surface area contributed by atoms with E-state index in [0.29, 0.717) is 29.1 Å². The van der Waals surface area contributed by atoms with Gasteiger partial charge in [-0.25, -0.2) is 4.98 Å². The molecule has 4 N–H and O–H groups in total. The van der Waals surface area contributed by atoms with Gasteiger partial charge in [0.2, 0.25) is 5.95 Å². The van der Waals surface area contributed by atoms with Gasteiger partial charge in [0.15, 0.2) is 0 Å². The molecule has 0 aliphatic heterocycles. The number of nitrogen functional groups attached to an aromatic ring is 1. The molecule has 0 unspecified atom stereocenters. The minimum atomic E-state index is -0.339. The van der Waals surface area contributed by atoms with Crippen molar-refractivity contribution in [2.45, 2.75) is 19.4 Å². The van der Waals surface area contributed by atoms with E-state index in [2.05, 4.69) is 15.3 Å². The molecule has 2 aromatic rings. The molecule has 0 fully saturated rings. The topological polar surface area (TPSA) is 93.0 Å². The second-order valence-corrected chi connectivity index (χ2v) is 5.01. The number of hydrogen-bond donors (Lipinski definition) is 3. The monoisotopic (exact) mass is 262 g/mol. The Kier molecular flexibility index (Phi) is 3.44. The van der Waals surface area contributed by atoms with Crippen LogP contribution in [0.25, 0.3) is 10.9 Å². The molecule has 2 rings (SSSR count). The van der Waals surface area contributed by atoms with Crippen LogP contribution in [0.1, 0.15) is 13.8 Å². The van der Waals surface area contributed by atoms with Gasteiger partial charge in [-0.1, -0.05) is 0 Å². The van der Waals surface area contributed by atoms with Crippen LogP contribution in [-0.4, -0.2) is 29.2 Å². The van der Waals surface area contributed by atoms with Crippen LogP contribution < -0.4 is 16.6 Å². The molecule has 6 heteroatoms. The average Bonchev–Trinajstić information content (AvgIpc) is 2.37. The highest BCUT2D eigenvalue weighted by Gasteiger charge is 2.16. The van der Waals surface area contributed by atoms with Crippen molar-refractivity contribution in [1.82, 2.24) is 9.97 Å². The van der Waals surface area contributed by atoms with Crippen LogP contribution in [0.3, 0.4) is 0 Å². The first kappa shape index (κ1) is 13.4. The van der Waals surface area contributed by atoms with Crippen molar-refractivity contribution in [3.05, 3.63) is 28.6 Å². The van der Waals surface area contributed by atoms with Crippen LogP contribution in [0.2, 0.25) is 0 Å². The van der Waals surface area contributed by atoms with E-state index in [0.717, 1.165) is 0 Å². The van der Waals surface area contributed by atoms with Gasteiger partial charge in [-0.15, -0.1) is 0 Å². The Morgan fingerprint density at radius 1 is 1.47 bits per heavy atom. The second-order valence-electron chi connectivity index (χ2n) is 5.01. The fraction of sp³-hybridized carbons (Fsp3) is 0.385. The van der Waals surface area contributed by atoms with Crippen molar-refractivity contribution in [3.8, 4) is 0 Å². The minimum absolute atomic E-state index is 0.213. The van der Waals surface area contributed by atoms with Crippen molar-refractivity contribution in [1.29, 1.82) is 0 Å². The van der Waals surface area contributed by atoms with Gasteiger partial charge in [0.05, 0.1) is 16.5 Å². The zero-order valence-corrected chi connectivity index (χ0v) is 11.3. The molecule has 0 spiro atoms. The summed E-state index contributed by atoms with van der Waals surface area (Å²) in [4.78, 5) is 18.9. The minimum Gasteiger partial charge on any atom is -0.399 e. The Balaban J connectivity index is 2.31. The quantitative estimate of drug-likeness (QED) is 0.723. The fourth-order valence-electron chi connectivity index (χ4n) is 1.61. The fourth-order valence-corrected chi connectivity index (χ4v) is 1.61. The summed E-state index contributed by atoms with van der Waals surface area (Å²) in [5, 5.41) is 3.54. The van der Waals surface area contributed by atoms with E-state index in [9.17, 15) is 4.79 Å². The van der Waals surface area contributed by atoms with Crippen LogP contribution in [0.15, 0.2) is 23.0 Å². The van der Waals surface area contributed by atoms with Crippen LogP contribution in [-0.2, 0) is 4.74 Å². The molecule has 0 radical (unpaired) electrons. The third-order valence-electron chi connectivity index (χ3n) is 2.96. The Morgan fingerprint density at radius 3 is 2.89 bits per heavy atom. The molecule has 6 nitrogen and oxygen atoms in total. The van der Waals surface area contributed by atoms with E-state index in [-0.39, 0.29) is 11.2 Å². The highest BCUT2D eigenvalue weighted by Crippen LogP contribution is 2.13. The van der Waals surface area contributed by atoms with Crippen molar-refractivity contribution in [2.24, 2.45) is 0 Å². The van der Waals surface area contributed by atoms with Crippen molar-refractivity contribution < 1.29 is 4.74 Å². The lowest BCUT2D eigenvalue weighted by atomic mass is 10.1. The number of benzene rings is 1. The number of aromatic amines is 1. The maximum Gasteiger partial charge on any atom is 0.260 e. The summed E-state index contributed by atoms with van der Waals surface area (Å²) in [6.45, 7) is 4.42. The number of methoxy groups -OCH3 is 1. The number of fused-ring (bicyclic) bond motifs is 1. The summed E-state index contributed by atoms with van der Waals surface area (Å²) in [5.41, 5.74) is 6.25. The van der Waals surface area contributed by atoms with E-state index >= 15 is 0 Å². The maximum atomic E-state index is 11.9. The van der Waals surface area contributed by atoms with Crippen molar-refractivity contribution >= 4 is 22.5 Å². The Labute approximate surface area is 111 Å². The van der Waals surface area contributed by atoms with E-state index < -0.39 is 0 Å². The lowest BCUT2D eigenvalue weighted by Gasteiger charge is -2.23. The smallest absolute Gasteiger partial charge is 0.260 e. The van der Waals surface area contributed by atoms with E-state index in [1.165, 1.54) is 0 Å². The number of rotatable bonds is 4. The lowest BCUT2D eigenvalue weighted by Crippen LogP contribution is -2.33. The first-order valence-corrected chi connectivity index (χ1v) is 6.00. The Morgan fingerprint density at radius 2 is 2.21 bits per heavy atom. The van der Waals surface area contributed by atoms with Gasteiger partial charge in [-0.3, -0.25) is 9.78 Å². The van der Waals surface area contributed by atoms with Crippen molar-refractivity contribution in [3.63, 3.8) is 0 Å². The molecule has 0 aliphatic rings. The van der Waals surface area contributed by atoms with E-state index in [1.54, 1.807) is 25.3 Å². The Bertz CT molecular complexity index is 649. The number of nitrogens with two attached hydrogens (primary N) is 1. The zero-order chi connectivity index (χ0) is 14.0. The average molecular weight is 262 g/mol. The number of anilines is 2. The van der Waals surface area contributed by atoms with Crippen LogP contribution in [0.5, 0.6) is 0 Å². The molecule has 1 aromatic heterocycles.